The number of halogens is 2. The average Bonchev–Trinajstić information content (AvgIpc) is 2.86. The average molecular weight is 303 g/mol. The molecule has 0 radical (unpaired) electrons. The summed E-state index contributed by atoms with van der Waals surface area (Å²) in [7, 11) is 0. The third kappa shape index (κ3) is 2.41. The van der Waals surface area contributed by atoms with E-state index >= 15 is 0 Å². The number of pyridine rings is 1. The molecule has 2 heterocycles. The molecule has 0 fully saturated rings. The molecule has 1 aliphatic heterocycles. The molecule has 0 saturated heterocycles. The topological polar surface area (TPSA) is 63.5 Å². The Morgan fingerprint density at radius 2 is 2.05 bits per heavy atom. The second-order valence-corrected chi connectivity index (χ2v) is 4.94. The van der Waals surface area contributed by atoms with Crippen LogP contribution in [0.2, 0.25) is 0 Å². The zero-order valence-electron chi connectivity index (χ0n) is 11.5. The molecule has 7 heteroatoms. The van der Waals surface area contributed by atoms with E-state index in [1.807, 2.05) is 0 Å². The number of nitrogens with zero attached hydrogens (tertiary/aromatic N) is 2. The number of fused-ring (bicyclic) bond motifs is 1. The van der Waals surface area contributed by atoms with E-state index in [2.05, 4.69) is 10.3 Å². The van der Waals surface area contributed by atoms with Gasteiger partial charge in [-0.1, -0.05) is 0 Å². The van der Waals surface area contributed by atoms with E-state index in [1.54, 1.807) is 13.0 Å². The van der Waals surface area contributed by atoms with E-state index in [0.717, 1.165) is 17.7 Å². The molecular weight excluding hydrogens is 292 g/mol. The van der Waals surface area contributed by atoms with E-state index in [-0.39, 0.29) is 11.2 Å². The van der Waals surface area contributed by atoms with Crippen molar-refractivity contribution in [3.63, 3.8) is 0 Å². The quantitative estimate of drug-likeness (QED) is 0.925. The van der Waals surface area contributed by atoms with Gasteiger partial charge in [-0.3, -0.25) is 14.2 Å². The highest BCUT2D eigenvalue weighted by molar-refractivity contribution is 6.05. The van der Waals surface area contributed by atoms with Gasteiger partial charge in [0.25, 0.3) is 11.5 Å². The van der Waals surface area contributed by atoms with Crippen molar-refractivity contribution >= 4 is 23.6 Å². The number of hydrogen-bond donors (Lipinski definition) is 1. The van der Waals surface area contributed by atoms with Crippen LogP contribution in [-0.2, 0) is 4.79 Å². The van der Waals surface area contributed by atoms with E-state index in [1.165, 1.54) is 16.8 Å². The Labute approximate surface area is 123 Å². The first-order chi connectivity index (χ1) is 10.5. The number of carbonyl (C=O) groups is 1. The number of aromatic nitrogens is 1. The van der Waals surface area contributed by atoms with Crippen LogP contribution < -0.4 is 10.9 Å². The van der Waals surface area contributed by atoms with Crippen molar-refractivity contribution in [1.29, 1.82) is 0 Å². The maximum atomic E-state index is 13.6. The van der Waals surface area contributed by atoms with Gasteiger partial charge in [0.15, 0.2) is 6.04 Å². The Hall–Kier alpha value is -2.83. The fourth-order valence-corrected chi connectivity index (χ4v) is 2.27. The number of nitrogens with one attached hydrogen (secondary N) is 1. The SMILES string of the molecule is Cc1cc2n(c(=O)c1)C(C(=O)Nc1ccc(F)cc1F)C=N2. The molecule has 1 atom stereocenters. The smallest absolute Gasteiger partial charge is 0.253 e. The molecule has 5 nitrogen and oxygen atoms in total. The second-order valence-electron chi connectivity index (χ2n) is 4.94. The molecular formula is C15H11F2N3O2. The minimum Gasteiger partial charge on any atom is -0.321 e. The molecule has 1 aromatic carbocycles. The standard InChI is InChI=1S/C15H11F2N3O2/c1-8-4-13-18-7-12(20(13)14(21)5-8)15(22)19-11-3-2-9(16)6-10(11)17/h2-7,12H,1H3,(H,19,22). The molecule has 0 bridgehead atoms. The number of aliphatic imine (C=N–C) groups is 1. The number of carbonyl (C=O) groups excluding carboxylic acids is 1. The summed E-state index contributed by atoms with van der Waals surface area (Å²) in [5, 5.41) is 2.33. The maximum Gasteiger partial charge on any atom is 0.253 e. The normalized spacial score (nSPS) is 15.7. The van der Waals surface area contributed by atoms with Gasteiger partial charge in [0.05, 0.1) is 5.69 Å². The zero-order valence-corrected chi connectivity index (χ0v) is 11.5. The van der Waals surface area contributed by atoms with Gasteiger partial charge in [0, 0.05) is 18.3 Å². The molecule has 0 aliphatic carbocycles. The van der Waals surface area contributed by atoms with Crippen molar-refractivity contribution in [1.82, 2.24) is 4.57 Å². The summed E-state index contributed by atoms with van der Waals surface area (Å²) in [5.74, 6) is -1.89. The number of anilines is 1. The Morgan fingerprint density at radius 1 is 1.27 bits per heavy atom. The molecule has 3 rings (SSSR count). The van der Waals surface area contributed by atoms with Crippen LogP contribution in [0.3, 0.4) is 0 Å². The van der Waals surface area contributed by atoms with Gasteiger partial charge in [-0.05, 0) is 30.7 Å². The van der Waals surface area contributed by atoms with E-state index in [0.29, 0.717) is 11.9 Å². The van der Waals surface area contributed by atoms with Crippen LogP contribution in [0.5, 0.6) is 0 Å². The summed E-state index contributed by atoms with van der Waals surface area (Å²) in [6.07, 6.45) is 1.31. The Kier molecular flexibility index (Phi) is 3.32. The van der Waals surface area contributed by atoms with Crippen LogP contribution >= 0.6 is 0 Å². The predicted octanol–water partition coefficient (Wildman–Crippen LogP) is 2.33. The first-order valence-corrected chi connectivity index (χ1v) is 6.49. The molecule has 0 spiro atoms. The molecule has 1 aromatic heterocycles. The number of aryl methyl sites for hydroxylation is 1. The van der Waals surface area contributed by atoms with Gasteiger partial charge >= 0.3 is 0 Å². The fourth-order valence-electron chi connectivity index (χ4n) is 2.27. The highest BCUT2D eigenvalue weighted by Crippen LogP contribution is 2.24. The van der Waals surface area contributed by atoms with E-state index in [4.69, 9.17) is 0 Å². The van der Waals surface area contributed by atoms with E-state index < -0.39 is 23.6 Å². The minimum atomic E-state index is -0.965. The lowest BCUT2D eigenvalue weighted by Crippen LogP contribution is -2.32. The molecule has 2 aromatic rings. The van der Waals surface area contributed by atoms with Crippen LogP contribution in [-0.4, -0.2) is 16.7 Å². The number of hydrogen-bond acceptors (Lipinski definition) is 3. The van der Waals surface area contributed by atoms with Crippen molar-refractivity contribution in [3.8, 4) is 0 Å². The predicted molar refractivity (Wildman–Crippen MR) is 77.6 cm³/mol. The third-order valence-electron chi connectivity index (χ3n) is 3.28. The van der Waals surface area contributed by atoms with Crippen molar-refractivity contribution in [2.24, 2.45) is 4.99 Å². The second kappa shape index (κ2) is 5.18. The zero-order chi connectivity index (χ0) is 15.9. The lowest BCUT2D eigenvalue weighted by Gasteiger charge is -2.13. The van der Waals surface area contributed by atoms with Gasteiger partial charge in [-0.15, -0.1) is 0 Å². The Morgan fingerprint density at radius 3 is 2.77 bits per heavy atom. The molecule has 1 unspecified atom stereocenters. The highest BCUT2D eigenvalue weighted by Gasteiger charge is 2.27. The summed E-state index contributed by atoms with van der Waals surface area (Å²) in [5.41, 5.74) is 0.208. The molecule has 1 N–H and O–H groups in total. The number of benzene rings is 1. The summed E-state index contributed by atoms with van der Waals surface area (Å²) in [6, 6.07) is 4.91. The molecule has 0 saturated carbocycles. The Balaban J connectivity index is 1.90. The summed E-state index contributed by atoms with van der Waals surface area (Å²) in [6.45, 7) is 1.75. The van der Waals surface area contributed by atoms with Crippen molar-refractivity contribution in [3.05, 3.63) is 57.9 Å². The summed E-state index contributed by atoms with van der Waals surface area (Å²) < 4.78 is 27.6. The van der Waals surface area contributed by atoms with E-state index in [9.17, 15) is 18.4 Å². The highest BCUT2D eigenvalue weighted by atomic mass is 19.1. The van der Waals surface area contributed by atoms with Crippen LogP contribution in [0.25, 0.3) is 0 Å². The molecule has 22 heavy (non-hydrogen) atoms. The number of amides is 1. The van der Waals surface area contributed by atoms with Gasteiger partial charge in [0.1, 0.15) is 17.5 Å². The van der Waals surface area contributed by atoms with Crippen LogP contribution in [0.15, 0.2) is 40.1 Å². The van der Waals surface area contributed by atoms with Crippen molar-refractivity contribution in [2.45, 2.75) is 13.0 Å². The fraction of sp³-hybridized carbons (Fsp3) is 0.133. The summed E-state index contributed by atoms with van der Waals surface area (Å²) >= 11 is 0. The minimum absolute atomic E-state index is 0.159. The van der Waals surface area contributed by atoms with Gasteiger partial charge in [-0.2, -0.15) is 0 Å². The first kappa shape index (κ1) is 14.1. The lowest BCUT2D eigenvalue weighted by atomic mass is 10.2. The lowest BCUT2D eigenvalue weighted by molar-refractivity contribution is -0.117. The maximum absolute atomic E-state index is 13.6. The Bertz CT molecular complexity index is 858. The van der Waals surface area contributed by atoms with Crippen LogP contribution in [0.1, 0.15) is 11.6 Å². The van der Waals surface area contributed by atoms with Gasteiger partial charge < -0.3 is 5.32 Å². The number of rotatable bonds is 2. The largest absolute Gasteiger partial charge is 0.321 e. The van der Waals surface area contributed by atoms with Crippen LogP contribution in [0.4, 0.5) is 20.3 Å². The third-order valence-corrected chi connectivity index (χ3v) is 3.28. The monoisotopic (exact) mass is 303 g/mol. The van der Waals surface area contributed by atoms with Gasteiger partial charge in [-0.25, -0.2) is 13.8 Å². The van der Waals surface area contributed by atoms with Crippen molar-refractivity contribution < 1.29 is 13.6 Å². The molecule has 112 valence electrons. The van der Waals surface area contributed by atoms with Gasteiger partial charge in [0.2, 0.25) is 0 Å². The molecule has 1 amide bonds. The molecule has 1 aliphatic rings. The first-order valence-electron chi connectivity index (χ1n) is 6.49. The van der Waals surface area contributed by atoms with Crippen LogP contribution in [0, 0.1) is 18.6 Å². The van der Waals surface area contributed by atoms with Crippen molar-refractivity contribution in [2.75, 3.05) is 5.32 Å². The summed E-state index contributed by atoms with van der Waals surface area (Å²) in [4.78, 5) is 28.2.